The summed E-state index contributed by atoms with van der Waals surface area (Å²) in [6.45, 7) is 3.69. The van der Waals surface area contributed by atoms with Gasteiger partial charge in [-0.25, -0.2) is 24.1 Å². The van der Waals surface area contributed by atoms with Gasteiger partial charge in [-0.1, -0.05) is 12.1 Å². The summed E-state index contributed by atoms with van der Waals surface area (Å²) in [5, 5.41) is 5.66. The number of hydrogen-bond acceptors (Lipinski definition) is 8. The Kier molecular flexibility index (Phi) is 7.50. The minimum absolute atomic E-state index is 0.0274. The molecule has 4 aromatic rings. The summed E-state index contributed by atoms with van der Waals surface area (Å²) in [7, 11) is 1.26. The molecule has 36 heavy (non-hydrogen) atoms. The lowest BCUT2D eigenvalue weighted by Crippen LogP contribution is -2.14. The van der Waals surface area contributed by atoms with E-state index in [1.807, 2.05) is 19.9 Å². The van der Waals surface area contributed by atoms with Crippen molar-refractivity contribution in [3.8, 4) is 22.9 Å². The maximum absolute atomic E-state index is 14.6. The number of carbonyl (C=O) groups excluding carboxylic acids is 2. The molecule has 2 N–H and O–H groups in total. The normalized spacial score (nSPS) is 10.6. The first-order chi connectivity index (χ1) is 17.3. The van der Waals surface area contributed by atoms with Crippen molar-refractivity contribution in [1.29, 1.82) is 0 Å². The highest BCUT2D eigenvalue weighted by molar-refractivity contribution is 7.16. The number of pyridine rings is 2. The van der Waals surface area contributed by atoms with E-state index in [2.05, 4.69) is 30.3 Å². The molecule has 4 rings (SSSR count). The van der Waals surface area contributed by atoms with Crippen LogP contribution in [0.3, 0.4) is 0 Å². The lowest BCUT2D eigenvalue weighted by Gasteiger charge is -2.09. The van der Waals surface area contributed by atoms with Crippen LogP contribution in [-0.4, -0.2) is 34.1 Å². The van der Waals surface area contributed by atoms with Crippen LogP contribution in [0.2, 0.25) is 0 Å². The first-order valence-electron chi connectivity index (χ1n) is 10.8. The average Bonchev–Trinajstić information content (AvgIpc) is 3.21. The fraction of sp³-hybridized carbons (Fsp3) is 0.160. The molecule has 184 valence electrons. The smallest absolute Gasteiger partial charge is 0.412 e. The number of carbonyl (C=O) groups is 2. The van der Waals surface area contributed by atoms with E-state index in [9.17, 15) is 14.0 Å². The summed E-state index contributed by atoms with van der Waals surface area (Å²) in [5.74, 6) is -0.276. The van der Waals surface area contributed by atoms with Gasteiger partial charge in [-0.15, -0.1) is 11.3 Å². The molecular weight excluding hydrogens is 485 g/mol. The van der Waals surface area contributed by atoms with E-state index < -0.39 is 11.9 Å². The van der Waals surface area contributed by atoms with Gasteiger partial charge >= 0.3 is 6.09 Å². The number of thiazole rings is 1. The molecule has 3 heterocycles. The number of nitrogens with zero attached hydrogens (tertiary/aromatic N) is 3. The molecule has 0 aliphatic rings. The van der Waals surface area contributed by atoms with Crippen LogP contribution in [-0.2, 0) is 16.0 Å². The highest BCUT2D eigenvalue weighted by Crippen LogP contribution is 2.31. The Balaban J connectivity index is 1.42. The van der Waals surface area contributed by atoms with Gasteiger partial charge in [0.1, 0.15) is 5.82 Å². The van der Waals surface area contributed by atoms with Crippen molar-refractivity contribution in [2.45, 2.75) is 20.3 Å². The van der Waals surface area contributed by atoms with Gasteiger partial charge in [-0.05, 0) is 49.7 Å². The topological polar surface area (TPSA) is 115 Å². The predicted octanol–water partition coefficient (Wildman–Crippen LogP) is 5.51. The number of halogens is 1. The second-order valence-electron chi connectivity index (χ2n) is 7.69. The Morgan fingerprint density at radius 3 is 2.64 bits per heavy atom. The number of benzene rings is 1. The van der Waals surface area contributed by atoms with Gasteiger partial charge < -0.3 is 14.8 Å². The number of methoxy groups -OCH3 is 1. The summed E-state index contributed by atoms with van der Waals surface area (Å²) >= 11 is 1.30. The maximum atomic E-state index is 14.6. The minimum Gasteiger partial charge on any atom is -0.453 e. The third-order valence-corrected chi connectivity index (χ3v) is 5.91. The monoisotopic (exact) mass is 507 g/mol. The molecule has 9 nitrogen and oxygen atoms in total. The number of amides is 2. The molecule has 0 aliphatic heterocycles. The molecule has 0 saturated heterocycles. The molecule has 0 atom stereocenters. The van der Waals surface area contributed by atoms with E-state index in [4.69, 9.17) is 4.74 Å². The van der Waals surface area contributed by atoms with E-state index in [0.717, 1.165) is 10.4 Å². The Morgan fingerprint density at radius 2 is 1.89 bits per heavy atom. The van der Waals surface area contributed by atoms with Crippen molar-refractivity contribution in [2.75, 3.05) is 17.7 Å². The van der Waals surface area contributed by atoms with Gasteiger partial charge in [-0.2, -0.15) is 0 Å². The second-order valence-corrected chi connectivity index (χ2v) is 8.89. The molecule has 11 heteroatoms. The van der Waals surface area contributed by atoms with Crippen LogP contribution in [0.15, 0.2) is 54.9 Å². The van der Waals surface area contributed by atoms with Crippen LogP contribution in [0, 0.1) is 19.7 Å². The summed E-state index contributed by atoms with van der Waals surface area (Å²) < 4.78 is 24.7. The third-order valence-electron chi connectivity index (χ3n) is 5.02. The molecular formula is C25H22FN5O4S. The number of hydrogen-bond donors (Lipinski definition) is 2. The van der Waals surface area contributed by atoms with Crippen LogP contribution in [0.1, 0.15) is 16.0 Å². The van der Waals surface area contributed by atoms with Crippen LogP contribution in [0.5, 0.6) is 11.6 Å². The molecule has 0 spiro atoms. The number of nitrogens with one attached hydrogen (secondary N) is 2. The average molecular weight is 508 g/mol. The Labute approximate surface area is 210 Å². The van der Waals surface area contributed by atoms with E-state index in [-0.39, 0.29) is 18.1 Å². The summed E-state index contributed by atoms with van der Waals surface area (Å²) in [4.78, 5) is 37.6. The largest absolute Gasteiger partial charge is 0.453 e. The van der Waals surface area contributed by atoms with E-state index >= 15 is 0 Å². The maximum Gasteiger partial charge on any atom is 0.412 e. The third kappa shape index (κ3) is 5.99. The zero-order valence-electron chi connectivity index (χ0n) is 19.7. The van der Waals surface area contributed by atoms with Gasteiger partial charge in [0.2, 0.25) is 11.8 Å². The zero-order chi connectivity index (χ0) is 25.7. The SMILES string of the molecule is COC(=O)Nc1cc(-c2nc(NC(=O)Cc3ccc(Oc4ncccc4C)c(F)c3)sc2C)ccn1. The second kappa shape index (κ2) is 10.9. The first-order valence-corrected chi connectivity index (χ1v) is 11.6. The predicted molar refractivity (Wildman–Crippen MR) is 134 cm³/mol. The molecule has 0 radical (unpaired) electrons. The molecule has 0 fully saturated rings. The molecule has 0 aliphatic carbocycles. The Bertz CT molecular complexity index is 1430. The minimum atomic E-state index is -0.634. The number of aryl methyl sites for hydroxylation is 2. The fourth-order valence-corrected chi connectivity index (χ4v) is 4.14. The molecule has 0 saturated carbocycles. The van der Waals surface area contributed by atoms with Crippen molar-refractivity contribution < 1.29 is 23.5 Å². The van der Waals surface area contributed by atoms with Gasteiger partial charge in [0, 0.05) is 28.4 Å². The van der Waals surface area contributed by atoms with Gasteiger partial charge in [0.05, 0.1) is 19.2 Å². The molecule has 3 aromatic heterocycles. The quantitative estimate of drug-likeness (QED) is 0.339. The van der Waals surface area contributed by atoms with Crippen LogP contribution < -0.4 is 15.4 Å². The summed E-state index contributed by atoms with van der Waals surface area (Å²) in [6.07, 6.45) is 2.42. The van der Waals surface area contributed by atoms with E-state index in [1.165, 1.54) is 36.8 Å². The van der Waals surface area contributed by atoms with Crippen LogP contribution >= 0.6 is 11.3 Å². The molecule has 0 bridgehead atoms. The van der Waals surface area contributed by atoms with Crippen molar-refractivity contribution in [3.63, 3.8) is 0 Å². The number of anilines is 2. The number of aromatic nitrogens is 3. The lowest BCUT2D eigenvalue weighted by molar-refractivity contribution is -0.115. The van der Waals surface area contributed by atoms with Crippen molar-refractivity contribution >= 4 is 34.3 Å². The van der Waals surface area contributed by atoms with Gasteiger partial charge in [0.25, 0.3) is 0 Å². The van der Waals surface area contributed by atoms with Crippen molar-refractivity contribution in [1.82, 2.24) is 15.0 Å². The van der Waals surface area contributed by atoms with Gasteiger partial charge in [-0.3, -0.25) is 10.1 Å². The first kappa shape index (κ1) is 24.7. The summed E-state index contributed by atoms with van der Waals surface area (Å²) in [6, 6.07) is 11.3. The highest BCUT2D eigenvalue weighted by Gasteiger charge is 2.15. The van der Waals surface area contributed by atoms with Crippen LogP contribution in [0.25, 0.3) is 11.3 Å². The van der Waals surface area contributed by atoms with Crippen LogP contribution in [0.4, 0.5) is 20.1 Å². The zero-order valence-corrected chi connectivity index (χ0v) is 20.5. The lowest BCUT2D eigenvalue weighted by atomic mass is 10.1. The number of rotatable bonds is 7. The molecule has 2 amide bonds. The van der Waals surface area contributed by atoms with Gasteiger partial charge in [0.15, 0.2) is 16.7 Å². The highest BCUT2D eigenvalue weighted by atomic mass is 32.1. The molecule has 1 aromatic carbocycles. The Hall–Kier alpha value is -4.38. The van der Waals surface area contributed by atoms with Crippen molar-refractivity contribution in [3.05, 3.63) is 76.7 Å². The van der Waals surface area contributed by atoms with E-state index in [1.54, 1.807) is 30.5 Å². The number of ether oxygens (including phenoxy) is 2. The van der Waals surface area contributed by atoms with E-state index in [0.29, 0.717) is 33.7 Å². The van der Waals surface area contributed by atoms with Crippen molar-refractivity contribution in [2.24, 2.45) is 0 Å². The fourth-order valence-electron chi connectivity index (χ4n) is 3.29. The Morgan fingerprint density at radius 1 is 1.06 bits per heavy atom. The molecule has 0 unspecified atom stereocenters. The standard InChI is InChI=1S/C25H22FN5O4S/c1-14-5-4-9-28-23(14)35-19-7-6-16(11-18(19)26)12-21(32)30-24-31-22(15(2)36-24)17-8-10-27-20(13-17)29-25(33)34-3/h4-11,13H,12H2,1-3H3,(H,27,29,33)(H,30,31,32). The summed E-state index contributed by atoms with van der Waals surface area (Å²) in [5.41, 5.74) is 2.62.